The maximum Gasteiger partial charge on any atom is 0.240 e. The smallest absolute Gasteiger partial charge is 0.240 e. The Morgan fingerprint density at radius 2 is 2.11 bits per heavy atom. The Kier molecular flexibility index (Phi) is 3.33. The normalized spacial score (nSPS) is 13.5. The van der Waals surface area contributed by atoms with Gasteiger partial charge in [0.25, 0.3) is 0 Å². The molecule has 6 heteroatoms. The van der Waals surface area contributed by atoms with Gasteiger partial charge >= 0.3 is 0 Å². The van der Waals surface area contributed by atoms with Crippen molar-refractivity contribution >= 4 is 0 Å². The summed E-state index contributed by atoms with van der Waals surface area (Å²) in [5.74, 6) is 2.85. The summed E-state index contributed by atoms with van der Waals surface area (Å²) in [6.07, 6.45) is 0. The Labute approximate surface area is 110 Å². The van der Waals surface area contributed by atoms with Crippen LogP contribution in [0.2, 0.25) is 0 Å². The molecule has 1 N–H and O–H groups in total. The van der Waals surface area contributed by atoms with Crippen LogP contribution in [-0.4, -0.2) is 23.4 Å². The maximum absolute atomic E-state index is 5.65. The SMILES string of the molecule is Cc1noc(CNCc2cccc3c2OCCO3)n1. The van der Waals surface area contributed by atoms with Gasteiger partial charge < -0.3 is 19.3 Å². The fourth-order valence-electron chi connectivity index (χ4n) is 1.99. The first kappa shape index (κ1) is 12.0. The lowest BCUT2D eigenvalue weighted by Crippen LogP contribution is -2.19. The summed E-state index contributed by atoms with van der Waals surface area (Å²) >= 11 is 0. The maximum atomic E-state index is 5.65. The summed E-state index contributed by atoms with van der Waals surface area (Å²) in [6.45, 7) is 4.18. The molecule has 0 unspecified atom stereocenters. The number of aromatic nitrogens is 2. The lowest BCUT2D eigenvalue weighted by molar-refractivity contribution is 0.169. The molecule has 1 aromatic carbocycles. The Hall–Kier alpha value is -2.08. The summed E-state index contributed by atoms with van der Waals surface area (Å²) in [5.41, 5.74) is 1.06. The van der Waals surface area contributed by atoms with Gasteiger partial charge in [-0.05, 0) is 13.0 Å². The molecular formula is C13H15N3O3. The van der Waals surface area contributed by atoms with Gasteiger partial charge in [0.05, 0.1) is 6.54 Å². The molecule has 6 nitrogen and oxygen atoms in total. The largest absolute Gasteiger partial charge is 0.486 e. The monoisotopic (exact) mass is 261 g/mol. The number of hydrogen-bond donors (Lipinski definition) is 1. The van der Waals surface area contributed by atoms with Crippen molar-refractivity contribution in [2.24, 2.45) is 0 Å². The Morgan fingerprint density at radius 3 is 2.95 bits per heavy atom. The molecule has 0 saturated carbocycles. The molecular weight excluding hydrogens is 246 g/mol. The minimum Gasteiger partial charge on any atom is -0.486 e. The zero-order valence-electron chi connectivity index (χ0n) is 10.7. The van der Waals surface area contributed by atoms with Crippen LogP contribution in [0.1, 0.15) is 17.3 Å². The minimum atomic E-state index is 0.533. The summed E-state index contributed by atoms with van der Waals surface area (Å²) in [6, 6.07) is 5.89. The van der Waals surface area contributed by atoms with E-state index >= 15 is 0 Å². The minimum absolute atomic E-state index is 0.533. The van der Waals surface area contributed by atoms with E-state index in [4.69, 9.17) is 14.0 Å². The standard InChI is InChI=1S/C13H15N3O3/c1-9-15-12(19-16-9)8-14-7-10-3-2-4-11-13(10)18-6-5-17-11/h2-4,14H,5-8H2,1H3. The predicted molar refractivity (Wildman–Crippen MR) is 67.0 cm³/mol. The van der Waals surface area contributed by atoms with Gasteiger partial charge in [-0.2, -0.15) is 4.98 Å². The number of fused-ring (bicyclic) bond motifs is 1. The summed E-state index contributed by atoms with van der Waals surface area (Å²) in [4.78, 5) is 4.13. The van der Waals surface area contributed by atoms with E-state index < -0.39 is 0 Å². The topological polar surface area (TPSA) is 69.4 Å². The third kappa shape index (κ3) is 2.68. The second kappa shape index (κ2) is 5.27. The van der Waals surface area contributed by atoms with Crippen LogP contribution in [0.15, 0.2) is 22.7 Å². The van der Waals surface area contributed by atoms with E-state index in [1.54, 1.807) is 6.92 Å². The molecule has 2 aromatic rings. The quantitative estimate of drug-likeness (QED) is 0.898. The van der Waals surface area contributed by atoms with Gasteiger partial charge in [-0.3, -0.25) is 0 Å². The van der Waals surface area contributed by atoms with Crippen LogP contribution < -0.4 is 14.8 Å². The van der Waals surface area contributed by atoms with Crippen molar-refractivity contribution in [1.82, 2.24) is 15.5 Å². The summed E-state index contributed by atoms with van der Waals surface area (Å²) in [7, 11) is 0. The lowest BCUT2D eigenvalue weighted by Gasteiger charge is -2.20. The molecule has 1 aliphatic rings. The molecule has 0 aliphatic carbocycles. The highest BCUT2D eigenvalue weighted by molar-refractivity contribution is 5.47. The number of benzene rings is 1. The van der Waals surface area contributed by atoms with Gasteiger partial charge in [0.1, 0.15) is 13.2 Å². The number of aryl methyl sites for hydroxylation is 1. The lowest BCUT2D eigenvalue weighted by atomic mass is 10.1. The van der Waals surface area contributed by atoms with E-state index in [-0.39, 0.29) is 0 Å². The first-order chi connectivity index (χ1) is 9.33. The van der Waals surface area contributed by atoms with Gasteiger partial charge in [-0.15, -0.1) is 0 Å². The second-order valence-electron chi connectivity index (χ2n) is 4.28. The highest BCUT2D eigenvalue weighted by atomic mass is 16.6. The highest BCUT2D eigenvalue weighted by Crippen LogP contribution is 2.33. The highest BCUT2D eigenvalue weighted by Gasteiger charge is 2.15. The van der Waals surface area contributed by atoms with Crippen molar-refractivity contribution in [3.8, 4) is 11.5 Å². The summed E-state index contributed by atoms with van der Waals surface area (Å²) < 4.78 is 16.2. The zero-order chi connectivity index (χ0) is 13.1. The number of ether oxygens (including phenoxy) is 2. The molecule has 0 bridgehead atoms. The number of rotatable bonds is 4. The Bertz CT molecular complexity index is 568. The number of hydrogen-bond acceptors (Lipinski definition) is 6. The van der Waals surface area contributed by atoms with Gasteiger partial charge in [0, 0.05) is 12.1 Å². The van der Waals surface area contributed by atoms with E-state index in [0.717, 1.165) is 17.1 Å². The van der Waals surface area contributed by atoms with Crippen LogP contribution in [0.4, 0.5) is 0 Å². The van der Waals surface area contributed by atoms with Crippen LogP contribution in [0.3, 0.4) is 0 Å². The van der Waals surface area contributed by atoms with E-state index in [1.807, 2.05) is 18.2 Å². The molecule has 0 radical (unpaired) electrons. The van der Waals surface area contributed by atoms with Crippen LogP contribution in [-0.2, 0) is 13.1 Å². The molecule has 1 aliphatic heterocycles. The molecule has 19 heavy (non-hydrogen) atoms. The number of nitrogens with one attached hydrogen (secondary N) is 1. The summed E-state index contributed by atoms with van der Waals surface area (Å²) in [5, 5.41) is 6.99. The zero-order valence-corrected chi connectivity index (χ0v) is 10.7. The number of nitrogens with zero attached hydrogens (tertiary/aromatic N) is 2. The van der Waals surface area contributed by atoms with Crippen LogP contribution >= 0.6 is 0 Å². The van der Waals surface area contributed by atoms with Crippen molar-refractivity contribution in [3.05, 3.63) is 35.5 Å². The Balaban J connectivity index is 1.64. The van der Waals surface area contributed by atoms with E-state index in [2.05, 4.69) is 15.5 Å². The van der Waals surface area contributed by atoms with E-state index in [9.17, 15) is 0 Å². The molecule has 100 valence electrons. The number of para-hydroxylation sites is 1. The van der Waals surface area contributed by atoms with Crippen molar-refractivity contribution in [1.29, 1.82) is 0 Å². The van der Waals surface area contributed by atoms with E-state index in [0.29, 0.717) is 38.0 Å². The first-order valence-corrected chi connectivity index (χ1v) is 6.20. The molecule has 0 atom stereocenters. The fraction of sp³-hybridized carbons (Fsp3) is 0.385. The average Bonchev–Trinajstić information content (AvgIpc) is 2.85. The molecule has 3 rings (SSSR count). The average molecular weight is 261 g/mol. The van der Waals surface area contributed by atoms with Crippen LogP contribution in [0.5, 0.6) is 11.5 Å². The Morgan fingerprint density at radius 1 is 1.21 bits per heavy atom. The molecule has 0 saturated heterocycles. The molecule has 0 amide bonds. The molecule has 0 spiro atoms. The molecule has 0 fully saturated rings. The molecule has 2 heterocycles. The first-order valence-electron chi connectivity index (χ1n) is 6.20. The van der Waals surface area contributed by atoms with Crippen molar-refractivity contribution in [2.75, 3.05) is 13.2 Å². The van der Waals surface area contributed by atoms with E-state index in [1.165, 1.54) is 0 Å². The third-order valence-electron chi connectivity index (χ3n) is 2.81. The predicted octanol–water partition coefficient (Wildman–Crippen LogP) is 1.44. The second-order valence-corrected chi connectivity index (χ2v) is 4.28. The fourth-order valence-corrected chi connectivity index (χ4v) is 1.99. The van der Waals surface area contributed by atoms with Crippen LogP contribution in [0.25, 0.3) is 0 Å². The van der Waals surface area contributed by atoms with Crippen molar-refractivity contribution < 1.29 is 14.0 Å². The van der Waals surface area contributed by atoms with Gasteiger partial charge in [0.15, 0.2) is 17.3 Å². The van der Waals surface area contributed by atoms with Gasteiger partial charge in [-0.1, -0.05) is 17.3 Å². The van der Waals surface area contributed by atoms with Crippen molar-refractivity contribution in [2.45, 2.75) is 20.0 Å². The van der Waals surface area contributed by atoms with Crippen molar-refractivity contribution in [3.63, 3.8) is 0 Å². The third-order valence-corrected chi connectivity index (χ3v) is 2.81. The van der Waals surface area contributed by atoms with Gasteiger partial charge in [-0.25, -0.2) is 0 Å². The van der Waals surface area contributed by atoms with Gasteiger partial charge in [0.2, 0.25) is 5.89 Å². The van der Waals surface area contributed by atoms with Crippen LogP contribution in [0, 0.1) is 6.92 Å². The molecule has 1 aromatic heterocycles.